The highest BCUT2D eigenvalue weighted by molar-refractivity contribution is 7.17. The van der Waals surface area contributed by atoms with Gasteiger partial charge in [-0.25, -0.2) is 0 Å². The summed E-state index contributed by atoms with van der Waals surface area (Å²) >= 11 is 8.43. The fourth-order valence-corrected chi connectivity index (χ4v) is 3.81. The molecule has 0 saturated carbocycles. The number of ether oxygens (including phenoxy) is 2. The van der Waals surface area contributed by atoms with Crippen LogP contribution in [-0.2, 0) is 0 Å². The van der Waals surface area contributed by atoms with Crippen LogP contribution in [0.25, 0.3) is 10.1 Å². The minimum absolute atomic E-state index is 0.248. The largest absolute Gasteiger partial charge is 0.497 e. The zero-order valence-electron chi connectivity index (χ0n) is 11.8. The molecule has 0 N–H and O–H groups in total. The Hall–Kier alpha value is -1.71. The molecule has 0 bridgehead atoms. The maximum Gasteiger partial charge on any atom is 0.127 e. The molecule has 0 aliphatic carbocycles. The summed E-state index contributed by atoms with van der Waals surface area (Å²) in [5.74, 6) is 1.50. The predicted molar refractivity (Wildman–Crippen MR) is 89.1 cm³/mol. The molecule has 0 saturated heterocycles. The molecule has 0 radical (unpaired) electrons. The van der Waals surface area contributed by atoms with Gasteiger partial charge in [0, 0.05) is 16.3 Å². The van der Waals surface area contributed by atoms with E-state index in [1.54, 1.807) is 25.6 Å². The van der Waals surface area contributed by atoms with Crippen molar-refractivity contribution in [2.75, 3.05) is 14.2 Å². The molecule has 21 heavy (non-hydrogen) atoms. The molecule has 4 heteroatoms. The maximum absolute atomic E-state index is 6.72. The highest BCUT2D eigenvalue weighted by Crippen LogP contribution is 2.41. The van der Waals surface area contributed by atoms with Gasteiger partial charge in [0.05, 0.1) is 19.6 Å². The second-order valence-corrected chi connectivity index (χ2v) is 6.01. The zero-order valence-corrected chi connectivity index (χ0v) is 13.4. The molecule has 1 aromatic heterocycles. The van der Waals surface area contributed by atoms with Gasteiger partial charge in [0.2, 0.25) is 0 Å². The number of halogens is 1. The van der Waals surface area contributed by atoms with Crippen molar-refractivity contribution >= 4 is 33.0 Å². The second-order valence-electron chi connectivity index (χ2n) is 4.66. The van der Waals surface area contributed by atoms with Gasteiger partial charge in [0.15, 0.2) is 0 Å². The Kier molecular flexibility index (Phi) is 4.04. The lowest BCUT2D eigenvalue weighted by Gasteiger charge is -2.15. The van der Waals surface area contributed by atoms with Crippen molar-refractivity contribution in [1.82, 2.24) is 0 Å². The molecule has 108 valence electrons. The lowest BCUT2D eigenvalue weighted by Crippen LogP contribution is -1.97. The van der Waals surface area contributed by atoms with Gasteiger partial charge < -0.3 is 9.47 Å². The van der Waals surface area contributed by atoms with Crippen LogP contribution in [0.1, 0.15) is 16.5 Å². The summed E-state index contributed by atoms with van der Waals surface area (Å²) in [5.41, 5.74) is 2.06. The van der Waals surface area contributed by atoms with E-state index in [9.17, 15) is 0 Å². The SMILES string of the molecule is COc1ccc(C(Cl)c2csc3ccccc23)c(OC)c1. The van der Waals surface area contributed by atoms with Gasteiger partial charge in [-0.3, -0.25) is 0 Å². The Bertz CT molecular complexity index is 766. The summed E-state index contributed by atoms with van der Waals surface area (Å²) in [6, 6.07) is 14.0. The Morgan fingerprint density at radius 2 is 1.81 bits per heavy atom. The summed E-state index contributed by atoms with van der Waals surface area (Å²) in [6.07, 6.45) is 0. The van der Waals surface area contributed by atoms with Crippen LogP contribution in [0.3, 0.4) is 0 Å². The Labute approximate surface area is 132 Å². The molecule has 1 atom stereocenters. The average Bonchev–Trinajstić information content (AvgIpc) is 2.97. The van der Waals surface area contributed by atoms with E-state index < -0.39 is 0 Å². The fourth-order valence-electron chi connectivity index (χ4n) is 2.39. The highest BCUT2D eigenvalue weighted by Gasteiger charge is 2.19. The number of hydrogen-bond acceptors (Lipinski definition) is 3. The van der Waals surface area contributed by atoms with E-state index in [-0.39, 0.29) is 5.38 Å². The fraction of sp³-hybridized carbons (Fsp3) is 0.176. The zero-order chi connectivity index (χ0) is 14.8. The molecule has 0 aliphatic rings. The predicted octanol–water partition coefficient (Wildman–Crippen LogP) is 5.25. The van der Waals surface area contributed by atoms with Crippen LogP contribution in [0.15, 0.2) is 47.8 Å². The normalized spacial score (nSPS) is 12.3. The van der Waals surface area contributed by atoms with E-state index >= 15 is 0 Å². The molecule has 1 unspecified atom stereocenters. The molecule has 3 aromatic rings. The molecule has 0 amide bonds. The van der Waals surface area contributed by atoms with Crippen molar-refractivity contribution in [3.8, 4) is 11.5 Å². The van der Waals surface area contributed by atoms with Gasteiger partial charge >= 0.3 is 0 Å². The molecular formula is C17H15ClO2S. The number of benzene rings is 2. The standard InChI is InChI=1S/C17H15ClO2S/c1-19-11-7-8-13(15(9-11)20-2)17(18)14-10-21-16-6-4-3-5-12(14)16/h3-10,17H,1-2H3. The Balaban J connectivity index is 2.07. The second kappa shape index (κ2) is 5.96. The maximum atomic E-state index is 6.72. The minimum Gasteiger partial charge on any atom is -0.497 e. The molecule has 0 aliphatic heterocycles. The Morgan fingerprint density at radius 1 is 1.00 bits per heavy atom. The third-order valence-corrected chi connectivity index (χ3v) is 4.95. The first kappa shape index (κ1) is 14.2. The van der Waals surface area contributed by atoms with Gasteiger partial charge in [-0.2, -0.15) is 0 Å². The van der Waals surface area contributed by atoms with Gasteiger partial charge in [0.1, 0.15) is 11.5 Å². The molecule has 2 nitrogen and oxygen atoms in total. The van der Waals surface area contributed by atoms with E-state index in [4.69, 9.17) is 21.1 Å². The topological polar surface area (TPSA) is 18.5 Å². The number of thiophene rings is 1. The third-order valence-electron chi connectivity index (χ3n) is 3.50. The van der Waals surface area contributed by atoms with Gasteiger partial charge in [0.25, 0.3) is 0 Å². The van der Waals surface area contributed by atoms with Crippen molar-refractivity contribution < 1.29 is 9.47 Å². The van der Waals surface area contributed by atoms with Crippen molar-refractivity contribution in [3.63, 3.8) is 0 Å². The van der Waals surface area contributed by atoms with Gasteiger partial charge in [-0.05, 0) is 34.5 Å². The van der Waals surface area contributed by atoms with Crippen LogP contribution in [0.5, 0.6) is 11.5 Å². The summed E-state index contributed by atoms with van der Waals surface area (Å²) in [4.78, 5) is 0. The third kappa shape index (κ3) is 2.59. The number of hydrogen-bond donors (Lipinski definition) is 0. The van der Waals surface area contributed by atoms with Gasteiger partial charge in [-0.1, -0.05) is 18.2 Å². The average molecular weight is 319 g/mol. The first-order valence-electron chi connectivity index (χ1n) is 6.56. The van der Waals surface area contributed by atoms with Crippen LogP contribution in [0, 0.1) is 0 Å². The first-order chi connectivity index (χ1) is 10.2. The quantitative estimate of drug-likeness (QED) is 0.612. The molecule has 0 fully saturated rings. The van der Waals surface area contributed by atoms with Crippen LogP contribution >= 0.6 is 22.9 Å². The van der Waals surface area contributed by atoms with E-state index in [0.29, 0.717) is 0 Å². The van der Waals surface area contributed by atoms with Crippen LogP contribution in [-0.4, -0.2) is 14.2 Å². The summed E-state index contributed by atoms with van der Waals surface area (Å²) in [7, 11) is 3.28. The first-order valence-corrected chi connectivity index (χ1v) is 7.88. The van der Waals surface area contributed by atoms with E-state index in [2.05, 4.69) is 17.5 Å². The Morgan fingerprint density at radius 3 is 2.57 bits per heavy atom. The monoisotopic (exact) mass is 318 g/mol. The highest BCUT2D eigenvalue weighted by atomic mass is 35.5. The van der Waals surface area contributed by atoms with E-state index in [0.717, 1.165) is 22.6 Å². The number of fused-ring (bicyclic) bond motifs is 1. The van der Waals surface area contributed by atoms with Crippen molar-refractivity contribution in [3.05, 3.63) is 59.0 Å². The van der Waals surface area contributed by atoms with E-state index in [1.807, 2.05) is 30.3 Å². The van der Waals surface area contributed by atoms with Crippen molar-refractivity contribution in [1.29, 1.82) is 0 Å². The minimum atomic E-state index is -0.248. The van der Waals surface area contributed by atoms with Crippen molar-refractivity contribution in [2.45, 2.75) is 5.38 Å². The molecule has 2 aromatic carbocycles. The molecule has 1 heterocycles. The lowest BCUT2D eigenvalue weighted by atomic mass is 10.0. The van der Waals surface area contributed by atoms with Crippen molar-refractivity contribution in [2.24, 2.45) is 0 Å². The number of rotatable bonds is 4. The van der Waals surface area contributed by atoms with Crippen LogP contribution < -0.4 is 9.47 Å². The molecular weight excluding hydrogens is 304 g/mol. The van der Waals surface area contributed by atoms with E-state index in [1.165, 1.54) is 10.1 Å². The van der Waals surface area contributed by atoms with Crippen LogP contribution in [0.4, 0.5) is 0 Å². The van der Waals surface area contributed by atoms with Crippen LogP contribution in [0.2, 0.25) is 0 Å². The summed E-state index contributed by atoms with van der Waals surface area (Å²) in [5, 5.41) is 3.06. The molecule has 3 rings (SSSR count). The number of alkyl halides is 1. The summed E-state index contributed by atoms with van der Waals surface area (Å²) in [6.45, 7) is 0. The van der Waals surface area contributed by atoms with Gasteiger partial charge in [-0.15, -0.1) is 22.9 Å². The smallest absolute Gasteiger partial charge is 0.127 e. The lowest BCUT2D eigenvalue weighted by molar-refractivity contribution is 0.391. The number of methoxy groups -OCH3 is 2. The molecule has 0 spiro atoms. The summed E-state index contributed by atoms with van der Waals surface area (Å²) < 4.78 is 11.9.